The van der Waals surface area contributed by atoms with E-state index >= 15 is 0 Å². The van der Waals surface area contributed by atoms with Crippen molar-refractivity contribution in [2.24, 2.45) is 0 Å². The molecule has 0 fully saturated rings. The highest BCUT2D eigenvalue weighted by Crippen LogP contribution is 2.27. The quantitative estimate of drug-likeness (QED) is 0.609. The van der Waals surface area contributed by atoms with Crippen molar-refractivity contribution in [3.05, 3.63) is 68.7 Å². The molecule has 2 aromatic carbocycles. The second-order valence-corrected chi connectivity index (χ2v) is 6.34. The van der Waals surface area contributed by atoms with Crippen molar-refractivity contribution in [1.82, 2.24) is 4.98 Å². The lowest BCUT2D eigenvalue weighted by atomic mass is 10.1. The summed E-state index contributed by atoms with van der Waals surface area (Å²) in [5.74, 6) is 0. The van der Waals surface area contributed by atoms with Gasteiger partial charge in [0.2, 0.25) is 0 Å². The van der Waals surface area contributed by atoms with Gasteiger partial charge in [-0.15, -0.1) is 0 Å². The average molecular weight is 382 g/mol. The summed E-state index contributed by atoms with van der Waals surface area (Å²) < 4.78 is 1.04. The van der Waals surface area contributed by atoms with Crippen molar-refractivity contribution in [3.63, 3.8) is 0 Å². The summed E-state index contributed by atoms with van der Waals surface area (Å²) in [7, 11) is 0. The first-order chi connectivity index (χ1) is 10.1. The summed E-state index contributed by atoms with van der Waals surface area (Å²) in [5.41, 5.74) is 2.98. The van der Waals surface area contributed by atoms with E-state index in [0.29, 0.717) is 16.6 Å². The Balaban J connectivity index is 1.90. The van der Waals surface area contributed by atoms with Crippen LogP contribution in [0.4, 0.5) is 5.69 Å². The third kappa shape index (κ3) is 3.31. The summed E-state index contributed by atoms with van der Waals surface area (Å²) in [4.78, 5) is 4.47. The Morgan fingerprint density at radius 3 is 2.57 bits per heavy atom. The molecule has 0 saturated heterocycles. The molecule has 0 unspecified atom stereocenters. The van der Waals surface area contributed by atoms with Crippen LogP contribution >= 0.6 is 39.1 Å². The summed E-state index contributed by atoms with van der Waals surface area (Å²) in [5, 5.41) is 5.66. The molecule has 3 aromatic rings. The van der Waals surface area contributed by atoms with Gasteiger partial charge in [-0.1, -0.05) is 51.3 Å². The minimum absolute atomic E-state index is 0.615. The summed E-state index contributed by atoms with van der Waals surface area (Å²) >= 11 is 15.6. The Bertz CT molecular complexity index is 785. The van der Waals surface area contributed by atoms with Gasteiger partial charge in [-0.25, -0.2) is 0 Å². The molecule has 0 saturated carbocycles. The van der Waals surface area contributed by atoms with E-state index in [4.69, 9.17) is 23.2 Å². The van der Waals surface area contributed by atoms with E-state index in [1.165, 1.54) is 0 Å². The third-order valence-electron chi connectivity index (χ3n) is 3.15. The van der Waals surface area contributed by atoms with Crippen molar-refractivity contribution in [2.45, 2.75) is 6.54 Å². The first kappa shape index (κ1) is 14.6. The molecule has 1 aromatic heterocycles. The van der Waals surface area contributed by atoms with Crippen LogP contribution in [-0.2, 0) is 6.54 Å². The maximum Gasteiger partial charge on any atom is 0.0763 e. The number of nitrogens with zero attached hydrogens (tertiary/aromatic N) is 1. The van der Waals surface area contributed by atoms with Gasteiger partial charge in [0.25, 0.3) is 0 Å². The van der Waals surface area contributed by atoms with E-state index in [0.717, 1.165) is 26.6 Å². The molecule has 0 atom stereocenters. The molecule has 2 nitrogen and oxygen atoms in total. The molecule has 21 heavy (non-hydrogen) atoms. The van der Waals surface area contributed by atoms with E-state index in [2.05, 4.69) is 32.3 Å². The van der Waals surface area contributed by atoms with Gasteiger partial charge in [-0.3, -0.25) is 4.98 Å². The zero-order chi connectivity index (χ0) is 14.8. The standard InChI is InChI=1S/C16H11BrCl2N2/c17-15-4-3-10(16-14(15)2-1-5-20-16)9-21-13-7-11(18)6-12(19)8-13/h1-8,21H,9H2. The van der Waals surface area contributed by atoms with Crippen molar-refractivity contribution >= 4 is 55.7 Å². The van der Waals surface area contributed by atoms with Crippen LogP contribution in [0.5, 0.6) is 0 Å². The molecule has 1 heterocycles. The van der Waals surface area contributed by atoms with Crippen LogP contribution in [0.1, 0.15) is 5.56 Å². The maximum absolute atomic E-state index is 6.00. The second kappa shape index (κ2) is 6.22. The molecule has 3 rings (SSSR count). The van der Waals surface area contributed by atoms with Crippen LogP contribution in [-0.4, -0.2) is 4.98 Å². The van der Waals surface area contributed by atoms with Crippen LogP contribution in [0.3, 0.4) is 0 Å². The minimum atomic E-state index is 0.615. The normalized spacial score (nSPS) is 10.8. The molecule has 0 bridgehead atoms. The zero-order valence-corrected chi connectivity index (χ0v) is 14.0. The van der Waals surface area contributed by atoms with Crippen LogP contribution in [0.15, 0.2) is 53.1 Å². The molecule has 106 valence electrons. The molecule has 5 heteroatoms. The lowest BCUT2D eigenvalue weighted by Gasteiger charge is -2.10. The Kier molecular flexibility index (Phi) is 4.34. The number of halogens is 3. The number of anilines is 1. The fourth-order valence-corrected chi connectivity index (χ4v) is 3.17. The number of hydrogen-bond acceptors (Lipinski definition) is 2. The second-order valence-electron chi connectivity index (χ2n) is 4.62. The van der Waals surface area contributed by atoms with E-state index in [1.54, 1.807) is 12.3 Å². The van der Waals surface area contributed by atoms with Gasteiger partial charge in [-0.05, 0) is 35.9 Å². The summed E-state index contributed by atoms with van der Waals surface area (Å²) in [6, 6.07) is 13.5. The predicted octanol–water partition coefficient (Wildman–Crippen LogP) is 5.92. The molecule has 0 aliphatic carbocycles. The number of fused-ring (bicyclic) bond motifs is 1. The fourth-order valence-electron chi connectivity index (χ4n) is 2.19. The largest absolute Gasteiger partial charge is 0.381 e. The summed E-state index contributed by atoms with van der Waals surface area (Å²) in [6.45, 7) is 0.650. The molecular formula is C16H11BrCl2N2. The lowest BCUT2D eigenvalue weighted by Crippen LogP contribution is -2.01. The van der Waals surface area contributed by atoms with Crippen molar-refractivity contribution in [2.75, 3.05) is 5.32 Å². The molecule has 0 radical (unpaired) electrons. The molecular weight excluding hydrogens is 371 g/mol. The van der Waals surface area contributed by atoms with Crippen LogP contribution < -0.4 is 5.32 Å². The molecule has 1 N–H and O–H groups in total. The molecule has 0 spiro atoms. The van der Waals surface area contributed by atoms with Crippen molar-refractivity contribution < 1.29 is 0 Å². The molecule has 0 aliphatic rings. The van der Waals surface area contributed by atoms with E-state index < -0.39 is 0 Å². The average Bonchev–Trinajstić information content (AvgIpc) is 2.46. The Morgan fingerprint density at radius 1 is 1.05 bits per heavy atom. The van der Waals surface area contributed by atoms with Crippen molar-refractivity contribution in [1.29, 1.82) is 0 Å². The van der Waals surface area contributed by atoms with Gasteiger partial charge >= 0.3 is 0 Å². The third-order valence-corrected chi connectivity index (χ3v) is 4.27. The number of pyridine rings is 1. The monoisotopic (exact) mass is 380 g/mol. The lowest BCUT2D eigenvalue weighted by molar-refractivity contribution is 1.15. The smallest absolute Gasteiger partial charge is 0.0763 e. The first-order valence-corrected chi connectivity index (χ1v) is 7.90. The van der Waals surface area contributed by atoms with Gasteiger partial charge in [0.15, 0.2) is 0 Å². The van der Waals surface area contributed by atoms with Gasteiger partial charge < -0.3 is 5.32 Å². The van der Waals surface area contributed by atoms with Crippen molar-refractivity contribution in [3.8, 4) is 0 Å². The fraction of sp³-hybridized carbons (Fsp3) is 0.0625. The van der Waals surface area contributed by atoms with Crippen LogP contribution in [0.25, 0.3) is 10.9 Å². The number of benzene rings is 2. The van der Waals surface area contributed by atoms with Gasteiger partial charge in [0.05, 0.1) is 5.52 Å². The number of rotatable bonds is 3. The van der Waals surface area contributed by atoms with Crippen LogP contribution in [0, 0.1) is 0 Å². The number of aromatic nitrogens is 1. The van der Waals surface area contributed by atoms with Crippen LogP contribution in [0.2, 0.25) is 10.0 Å². The summed E-state index contributed by atoms with van der Waals surface area (Å²) in [6.07, 6.45) is 1.80. The highest BCUT2D eigenvalue weighted by atomic mass is 79.9. The number of hydrogen-bond donors (Lipinski definition) is 1. The highest BCUT2D eigenvalue weighted by molar-refractivity contribution is 9.10. The Morgan fingerprint density at radius 2 is 1.81 bits per heavy atom. The SMILES string of the molecule is Clc1cc(Cl)cc(NCc2ccc(Br)c3cccnc23)c1. The Labute approximate surface area is 141 Å². The number of nitrogens with one attached hydrogen (secondary N) is 1. The minimum Gasteiger partial charge on any atom is -0.381 e. The predicted molar refractivity (Wildman–Crippen MR) is 93.2 cm³/mol. The first-order valence-electron chi connectivity index (χ1n) is 6.35. The Hall–Kier alpha value is -1.29. The molecule has 0 amide bonds. The van der Waals surface area contributed by atoms with E-state index in [-0.39, 0.29) is 0 Å². The maximum atomic E-state index is 6.00. The highest BCUT2D eigenvalue weighted by Gasteiger charge is 2.06. The zero-order valence-electron chi connectivity index (χ0n) is 10.9. The van der Waals surface area contributed by atoms with E-state index in [1.807, 2.05) is 30.3 Å². The van der Waals surface area contributed by atoms with Gasteiger partial charge in [0, 0.05) is 38.3 Å². The molecule has 0 aliphatic heterocycles. The van der Waals surface area contributed by atoms with Gasteiger partial charge in [-0.2, -0.15) is 0 Å². The van der Waals surface area contributed by atoms with Gasteiger partial charge in [0.1, 0.15) is 0 Å². The van der Waals surface area contributed by atoms with E-state index in [9.17, 15) is 0 Å². The topological polar surface area (TPSA) is 24.9 Å².